The Balaban J connectivity index is 3.15. The number of carboxylic acid groups (broad SMARTS) is 1. The molecule has 1 unspecified atom stereocenters. The van der Waals surface area contributed by atoms with Crippen molar-refractivity contribution >= 4 is 5.97 Å². The van der Waals surface area contributed by atoms with Gasteiger partial charge in [0.15, 0.2) is 17.7 Å². The fourth-order valence-corrected chi connectivity index (χ4v) is 0.865. The molecule has 0 aromatic heterocycles. The lowest BCUT2D eigenvalue weighted by atomic mass is 10.1. The smallest absolute Gasteiger partial charge is 0.337 e. The second-order valence-electron chi connectivity index (χ2n) is 2.38. The number of carbonyl (C=O) groups is 1. The van der Waals surface area contributed by atoms with Crippen LogP contribution in [0.2, 0.25) is 0 Å². The Morgan fingerprint density at radius 2 is 2.00 bits per heavy atom. The summed E-state index contributed by atoms with van der Waals surface area (Å²) in [5, 5.41) is 17.2. The van der Waals surface area contributed by atoms with Crippen LogP contribution in [-0.4, -0.2) is 16.2 Å². The Bertz CT molecular complexity index is 338. The number of rotatable bonds is 2. The molecule has 1 rings (SSSR count). The Hall–Kier alpha value is -1.49. The van der Waals surface area contributed by atoms with Crippen LogP contribution in [0.1, 0.15) is 11.7 Å². The van der Waals surface area contributed by atoms with Crippen molar-refractivity contribution in [2.45, 2.75) is 6.10 Å². The second-order valence-corrected chi connectivity index (χ2v) is 2.38. The minimum Gasteiger partial charge on any atom is -0.479 e. The van der Waals surface area contributed by atoms with Crippen LogP contribution in [0.3, 0.4) is 0 Å². The molecule has 13 heavy (non-hydrogen) atoms. The average Bonchev–Trinajstić information content (AvgIpc) is 2.08. The van der Waals surface area contributed by atoms with Gasteiger partial charge < -0.3 is 10.2 Å². The predicted molar refractivity (Wildman–Crippen MR) is 39.0 cm³/mol. The van der Waals surface area contributed by atoms with Gasteiger partial charge in [0.1, 0.15) is 0 Å². The zero-order valence-corrected chi connectivity index (χ0v) is 6.37. The van der Waals surface area contributed by atoms with Crippen molar-refractivity contribution in [2.24, 2.45) is 0 Å². The maximum Gasteiger partial charge on any atom is 0.337 e. The third-order valence-electron chi connectivity index (χ3n) is 1.51. The summed E-state index contributed by atoms with van der Waals surface area (Å²) in [7, 11) is 0. The van der Waals surface area contributed by atoms with E-state index in [-0.39, 0.29) is 0 Å². The highest BCUT2D eigenvalue weighted by atomic mass is 19.2. The third kappa shape index (κ3) is 1.81. The van der Waals surface area contributed by atoms with Gasteiger partial charge in [0.25, 0.3) is 0 Å². The van der Waals surface area contributed by atoms with E-state index in [9.17, 15) is 13.6 Å². The van der Waals surface area contributed by atoms with Crippen LogP contribution in [0.15, 0.2) is 18.2 Å². The number of benzene rings is 1. The maximum atomic E-state index is 12.8. The molecule has 1 atom stereocenters. The van der Waals surface area contributed by atoms with Crippen LogP contribution < -0.4 is 0 Å². The standard InChI is InChI=1S/C8H6F2O3/c9-5-3-1-2-4(6(5)10)7(11)8(12)13/h1-3,7,11H,(H,12,13). The van der Waals surface area contributed by atoms with E-state index < -0.39 is 29.3 Å². The van der Waals surface area contributed by atoms with Crippen molar-refractivity contribution in [3.63, 3.8) is 0 Å². The third-order valence-corrected chi connectivity index (χ3v) is 1.51. The van der Waals surface area contributed by atoms with E-state index in [1.54, 1.807) is 0 Å². The highest BCUT2D eigenvalue weighted by molar-refractivity contribution is 5.74. The fourth-order valence-electron chi connectivity index (χ4n) is 0.865. The van der Waals surface area contributed by atoms with E-state index in [1.165, 1.54) is 0 Å². The van der Waals surface area contributed by atoms with Gasteiger partial charge in [-0.1, -0.05) is 12.1 Å². The summed E-state index contributed by atoms with van der Waals surface area (Å²) in [6.07, 6.45) is -2.03. The number of aliphatic hydroxyl groups excluding tert-OH is 1. The summed E-state index contributed by atoms with van der Waals surface area (Å²) in [6, 6.07) is 2.98. The van der Waals surface area contributed by atoms with Crippen LogP contribution in [0, 0.1) is 11.6 Å². The highest BCUT2D eigenvalue weighted by Crippen LogP contribution is 2.18. The van der Waals surface area contributed by atoms with Crippen molar-refractivity contribution in [2.75, 3.05) is 0 Å². The predicted octanol–water partition coefficient (Wildman–Crippen LogP) is 1.08. The molecule has 0 bridgehead atoms. The SMILES string of the molecule is O=C(O)C(O)c1cccc(F)c1F. The molecule has 3 nitrogen and oxygen atoms in total. The summed E-state index contributed by atoms with van der Waals surface area (Å²) in [4.78, 5) is 10.2. The molecule has 0 saturated heterocycles. The topological polar surface area (TPSA) is 57.5 Å². The van der Waals surface area contributed by atoms with Gasteiger partial charge in [-0.15, -0.1) is 0 Å². The first-order valence-corrected chi connectivity index (χ1v) is 3.39. The molecule has 2 N–H and O–H groups in total. The van der Waals surface area contributed by atoms with E-state index >= 15 is 0 Å². The quantitative estimate of drug-likeness (QED) is 0.730. The summed E-state index contributed by atoms with van der Waals surface area (Å²) in [5.74, 6) is -4.14. The first-order chi connectivity index (χ1) is 6.04. The molecule has 0 radical (unpaired) electrons. The normalized spacial score (nSPS) is 12.5. The number of hydrogen-bond acceptors (Lipinski definition) is 2. The molecule has 0 aliphatic rings. The molecule has 70 valence electrons. The van der Waals surface area contributed by atoms with Gasteiger partial charge in [-0.3, -0.25) is 0 Å². The molecular formula is C8H6F2O3. The molecular weight excluding hydrogens is 182 g/mol. The fraction of sp³-hybridized carbons (Fsp3) is 0.125. The minimum absolute atomic E-state index is 0.576. The lowest BCUT2D eigenvalue weighted by Gasteiger charge is -2.06. The lowest BCUT2D eigenvalue weighted by Crippen LogP contribution is -2.12. The van der Waals surface area contributed by atoms with Crippen LogP contribution in [0.4, 0.5) is 8.78 Å². The number of aliphatic carboxylic acids is 1. The molecule has 0 amide bonds. The van der Waals surface area contributed by atoms with Gasteiger partial charge in [-0.25, -0.2) is 13.6 Å². The molecule has 0 heterocycles. The summed E-state index contributed by atoms with van der Waals surface area (Å²) >= 11 is 0. The number of hydrogen-bond donors (Lipinski definition) is 2. The van der Waals surface area contributed by atoms with E-state index in [0.717, 1.165) is 18.2 Å². The van der Waals surface area contributed by atoms with E-state index in [2.05, 4.69) is 0 Å². The zero-order valence-electron chi connectivity index (χ0n) is 6.37. The van der Waals surface area contributed by atoms with Crippen molar-refractivity contribution in [3.8, 4) is 0 Å². The van der Waals surface area contributed by atoms with Crippen LogP contribution >= 0.6 is 0 Å². The Morgan fingerprint density at radius 3 is 2.54 bits per heavy atom. The molecule has 0 aliphatic heterocycles. The monoisotopic (exact) mass is 188 g/mol. The summed E-state index contributed by atoms with van der Waals surface area (Å²) < 4.78 is 25.3. The van der Waals surface area contributed by atoms with Crippen LogP contribution in [0.5, 0.6) is 0 Å². The van der Waals surface area contributed by atoms with Gasteiger partial charge in [-0.2, -0.15) is 0 Å². The second kappa shape index (κ2) is 3.49. The van der Waals surface area contributed by atoms with Gasteiger partial charge >= 0.3 is 5.97 Å². The Labute approximate surface area is 72.2 Å². The summed E-state index contributed by atoms with van der Waals surface area (Å²) in [5.41, 5.74) is -0.576. The van der Waals surface area contributed by atoms with E-state index in [1.807, 2.05) is 0 Å². The molecule has 1 aromatic carbocycles. The molecule has 0 spiro atoms. The summed E-state index contributed by atoms with van der Waals surface area (Å²) in [6.45, 7) is 0. The largest absolute Gasteiger partial charge is 0.479 e. The molecule has 1 aromatic rings. The first kappa shape index (κ1) is 9.60. The minimum atomic E-state index is -2.03. The molecule has 0 saturated carbocycles. The van der Waals surface area contributed by atoms with Crippen molar-refractivity contribution in [1.29, 1.82) is 0 Å². The Morgan fingerprint density at radius 1 is 1.38 bits per heavy atom. The van der Waals surface area contributed by atoms with Crippen molar-refractivity contribution < 1.29 is 23.8 Å². The van der Waals surface area contributed by atoms with Crippen LogP contribution in [-0.2, 0) is 4.79 Å². The molecule has 0 fully saturated rings. The number of carboxylic acids is 1. The van der Waals surface area contributed by atoms with Gasteiger partial charge in [0.05, 0.1) is 0 Å². The van der Waals surface area contributed by atoms with Gasteiger partial charge in [0, 0.05) is 5.56 Å². The highest BCUT2D eigenvalue weighted by Gasteiger charge is 2.21. The van der Waals surface area contributed by atoms with Gasteiger partial charge in [-0.05, 0) is 6.07 Å². The maximum absolute atomic E-state index is 12.8. The number of aliphatic hydroxyl groups is 1. The van der Waals surface area contributed by atoms with Crippen molar-refractivity contribution in [3.05, 3.63) is 35.4 Å². The average molecular weight is 188 g/mol. The lowest BCUT2D eigenvalue weighted by molar-refractivity contribution is -0.147. The van der Waals surface area contributed by atoms with Crippen LogP contribution in [0.25, 0.3) is 0 Å². The molecule has 0 aliphatic carbocycles. The van der Waals surface area contributed by atoms with E-state index in [0.29, 0.717) is 0 Å². The van der Waals surface area contributed by atoms with Crippen molar-refractivity contribution in [1.82, 2.24) is 0 Å². The first-order valence-electron chi connectivity index (χ1n) is 3.39. The Kier molecular flexibility index (Phi) is 2.57. The zero-order chi connectivity index (χ0) is 10.0. The number of halogens is 2. The van der Waals surface area contributed by atoms with E-state index in [4.69, 9.17) is 10.2 Å². The van der Waals surface area contributed by atoms with Gasteiger partial charge in [0.2, 0.25) is 0 Å². The molecule has 5 heteroatoms.